The summed E-state index contributed by atoms with van der Waals surface area (Å²) in [7, 11) is 0. The fourth-order valence-corrected chi connectivity index (χ4v) is 3.83. The third-order valence-corrected chi connectivity index (χ3v) is 5.69. The number of carbonyl (C=O) groups is 5. The Morgan fingerprint density at radius 2 is 1.50 bits per heavy atom. The summed E-state index contributed by atoms with van der Waals surface area (Å²) < 4.78 is 0. The fraction of sp³-hybridized carbons (Fsp3) is 0.762. The molecule has 1 fully saturated rings. The number of carboxylic acids is 2. The zero-order valence-corrected chi connectivity index (χ0v) is 19.4. The van der Waals surface area contributed by atoms with Gasteiger partial charge in [0.1, 0.15) is 18.1 Å². The summed E-state index contributed by atoms with van der Waals surface area (Å²) >= 11 is 0. The number of nitrogens with one attached hydrogen (secondary N) is 2. The molecule has 0 radical (unpaired) electrons. The minimum atomic E-state index is -1.33. The van der Waals surface area contributed by atoms with Crippen molar-refractivity contribution in [3.05, 3.63) is 0 Å². The number of unbranched alkanes of at least 4 members (excludes halogenated alkanes) is 2. The van der Waals surface area contributed by atoms with Crippen molar-refractivity contribution in [2.75, 3.05) is 19.6 Å². The number of nitrogens with zero attached hydrogens (tertiary/aromatic N) is 1. The number of carboxylic acid groups (broad SMARTS) is 2. The van der Waals surface area contributed by atoms with Gasteiger partial charge in [0.25, 0.3) is 0 Å². The van der Waals surface area contributed by atoms with E-state index in [4.69, 9.17) is 22.3 Å². The second-order valence-electron chi connectivity index (χ2n) is 8.42. The molecule has 10 N–H and O–H groups in total. The molecule has 1 aliphatic heterocycles. The summed E-state index contributed by atoms with van der Waals surface area (Å²) in [5, 5.41) is 23.3. The second-order valence-corrected chi connectivity index (χ2v) is 8.42. The highest BCUT2D eigenvalue weighted by Crippen LogP contribution is 2.20. The van der Waals surface area contributed by atoms with Gasteiger partial charge in [-0.05, 0) is 64.5 Å². The molecule has 1 rings (SSSR count). The van der Waals surface area contributed by atoms with Gasteiger partial charge in [0.15, 0.2) is 0 Å². The normalized spacial score (nSPS) is 18.1. The average molecular weight is 487 g/mol. The van der Waals surface area contributed by atoms with Crippen molar-refractivity contribution in [3.8, 4) is 0 Å². The summed E-state index contributed by atoms with van der Waals surface area (Å²) in [6.07, 6.45) is 3.05. The van der Waals surface area contributed by atoms with E-state index in [1.54, 1.807) is 0 Å². The first-order valence-electron chi connectivity index (χ1n) is 11.6. The van der Waals surface area contributed by atoms with Crippen LogP contribution in [0, 0.1) is 0 Å². The smallest absolute Gasteiger partial charge is 0.326 e. The fourth-order valence-electron chi connectivity index (χ4n) is 3.83. The maximum Gasteiger partial charge on any atom is 0.326 e. The predicted molar refractivity (Wildman–Crippen MR) is 122 cm³/mol. The number of rotatable bonds is 16. The van der Waals surface area contributed by atoms with E-state index in [2.05, 4.69) is 10.6 Å². The second kappa shape index (κ2) is 15.2. The molecule has 0 spiro atoms. The molecule has 0 aromatic rings. The standard InChI is InChI=1S/C21H38N6O7/c22-9-3-1-6-14(25-18(30)13(24)12-17(28)29)20(32)27-11-5-8-16(27)19(31)26-15(21(33)34)7-2-4-10-23/h13-16H,1-12,22-24H2,(H,25,30)(H,26,31)(H,28,29)(H,33,34). The molecule has 4 atom stereocenters. The zero-order chi connectivity index (χ0) is 25.7. The Morgan fingerprint density at radius 3 is 2.03 bits per heavy atom. The summed E-state index contributed by atoms with van der Waals surface area (Å²) in [5.41, 5.74) is 16.6. The van der Waals surface area contributed by atoms with Gasteiger partial charge in [-0.1, -0.05) is 0 Å². The maximum absolute atomic E-state index is 13.3. The molecule has 13 heteroatoms. The number of aliphatic carboxylic acids is 2. The van der Waals surface area contributed by atoms with Crippen LogP contribution in [-0.4, -0.2) is 88.6 Å². The van der Waals surface area contributed by atoms with Crippen LogP contribution in [0.25, 0.3) is 0 Å². The van der Waals surface area contributed by atoms with Crippen LogP contribution < -0.4 is 27.8 Å². The topological polar surface area (TPSA) is 231 Å². The van der Waals surface area contributed by atoms with Gasteiger partial charge in [-0.25, -0.2) is 4.79 Å². The van der Waals surface area contributed by atoms with Gasteiger partial charge in [0.05, 0.1) is 12.5 Å². The zero-order valence-electron chi connectivity index (χ0n) is 19.4. The Morgan fingerprint density at radius 1 is 0.912 bits per heavy atom. The molecule has 34 heavy (non-hydrogen) atoms. The quantitative estimate of drug-likeness (QED) is 0.120. The Balaban J connectivity index is 2.91. The monoisotopic (exact) mass is 486 g/mol. The van der Waals surface area contributed by atoms with Gasteiger partial charge < -0.3 is 42.9 Å². The third kappa shape index (κ3) is 9.61. The van der Waals surface area contributed by atoms with E-state index in [9.17, 15) is 29.1 Å². The summed E-state index contributed by atoms with van der Waals surface area (Å²) in [4.78, 5) is 62.2. The van der Waals surface area contributed by atoms with Crippen LogP contribution in [0.4, 0.5) is 0 Å². The van der Waals surface area contributed by atoms with Crippen LogP contribution in [0.15, 0.2) is 0 Å². The van der Waals surface area contributed by atoms with E-state index < -0.39 is 60.2 Å². The Kier molecular flexibility index (Phi) is 13.1. The van der Waals surface area contributed by atoms with Crippen LogP contribution >= 0.6 is 0 Å². The molecule has 0 bridgehead atoms. The molecule has 0 aliphatic carbocycles. The van der Waals surface area contributed by atoms with Crippen LogP contribution in [-0.2, 0) is 24.0 Å². The highest BCUT2D eigenvalue weighted by molar-refractivity contribution is 5.95. The summed E-state index contributed by atoms with van der Waals surface area (Å²) in [6.45, 7) is 1.08. The Labute approximate surface area is 198 Å². The molecule has 194 valence electrons. The molecule has 4 unspecified atom stereocenters. The van der Waals surface area contributed by atoms with Gasteiger partial charge in [0.2, 0.25) is 17.7 Å². The van der Waals surface area contributed by atoms with Gasteiger partial charge >= 0.3 is 11.9 Å². The lowest BCUT2D eigenvalue weighted by Crippen LogP contribution is -2.56. The molecular formula is C21H38N6O7. The highest BCUT2D eigenvalue weighted by atomic mass is 16.4. The first-order valence-corrected chi connectivity index (χ1v) is 11.6. The molecule has 0 aromatic carbocycles. The lowest BCUT2D eigenvalue weighted by molar-refractivity contribution is -0.145. The van der Waals surface area contributed by atoms with E-state index in [1.165, 1.54) is 4.90 Å². The molecule has 1 heterocycles. The van der Waals surface area contributed by atoms with Crippen molar-refractivity contribution in [3.63, 3.8) is 0 Å². The first kappa shape index (κ1) is 29.3. The van der Waals surface area contributed by atoms with Gasteiger partial charge in [0, 0.05) is 6.54 Å². The largest absolute Gasteiger partial charge is 0.481 e. The molecular weight excluding hydrogens is 448 g/mol. The lowest BCUT2D eigenvalue weighted by Gasteiger charge is -2.30. The van der Waals surface area contributed by atoms with Crippen LogP contribution in [0.3, 0.4) is 0 Å². The Bertz CT molecular complexity index is 720. The van der Waals surface area contributed by atoms with Crippen molar-refractivity contribution in [2.45, 2.75) is 82.0 Å². The van der Waals surface area contributed by atoms with E-state index in [0.717, 1.165) is 0 Å². The molecule has 1 aliphatic rings. The van der Waals surface area contributed by atoms with Crippen LogP contribution in [0.1, 0.15) is 57.8 Å². The van der Waals surface area contributed by atoms with E-state index in [-0.39, 0.29) is 19.4 Å². The minimum absolute atomic E-state index is 0.220. The van der Waals surface area contributed by atoms with Gasteiger partial charge in [-0.15, -0.1) is 0 Å². The van der Waals surface area contributed by atoms with E-state index in [0.29, 0.717) is 51.6 Å². The van der Waals surface area contributed by atoms with Crippen LogP contribution in [0.2, 0.25) is 0 Å². The number of amides is 3. The lowest BCUT2D eigenvalue weighted by atomic mass is 10.1. The SMILES string of the molecule is NCCCCC(NC(=O)C1CCCN1C(=O)C(CCCCN)NC(=O)C(N)CC(=O)O)C(=O)O. The number of carbonyl (C=O) groups excluding carboxylic acids is 3. The van der Waals surface area contributed by atoms with Crippen molar-refractivity contribution in [1.82, 2.24) is 15.5 Å². The first-order chi connectivity index (χ1) is 16.1. The van der Waals surface area contributed by atoms with E-state index >= 15 is 0 Å². The molecule has 3 amide bonds. The van der Waals surface area contributed by atoms with Gasteiger partial charge in [-0.3, -0.25) is 19.2 Å². The van der Waals surface area contributed by atoms with Gasteiger partial charge in [-0.2, -0.15) is 0 Å². The number of hydrogen-bond acceptors (Lipinski definition) is 8. The molecule has 1 saturated heterocycles. The predicted octanol–water partition coefficient (Wildman–Crippen LogP) is -1.91. The summed E-state index contributed by atoms with van der Waals surface area (Å²) in [6, 6.07) is -4.30. The number of nitrogens with two attached hydrogens (primary N) is 3. The Hall–Kier alpha value is -2.77. The minimum Gasteiger partial charge on any atom is -0.481 e. The van der Waals surface area contributed by atoms with Crippen molar-refractivity contribution >= 4 is 29.7 Å². The van der Waals surface area contributed by atoms with Crippen molar-refractivity contribution < 1.29 is 34.2 Å². The van der Waals surface area contributed by atoms with Crippen LogP contribution in [0.5, 0.6) is 0 Å². The maximum atomic E-state index is 13.3. The van der Waals surface area contributed by atoms with E-state index in [1.807, 2.05) is 0 Å². The molecule has 0 saturated carbocycles. The highest BCUT2D eigenvalue weighted by Gasteiger charge is 2.39. The third-order valence-electron chi connectivity index (χ3n) is 5.69. The van der Waals surface area contributed by atoms with Crippen molar-refractivity contribution in [1.29, 1.82) is 0 Å². The number of likely N-dealkylation sites (tertiary alicyclic amines) is 1. The summed E-state index contributed by atoms with van der Waals surface area (Å²) in [5.74, 6) is -4.26. The molecule has 13 nitrogen and oxygen atoms in total. The number of hydrogen-bond donors (Lipinski definition) is 7. The van der Waals surface area contributed by atoms with Crippen molar-refractivity contribution in [2.24, 2.45) is 17.2 Å². The average Bonchev–Trinajstić information content (AvgIpc) is 3.26. The molecule has 0 aromatic heterocycles.